The Balaban J connectivity index is 3.02. The molecular weight excluding hydrogens is 378 g/mol. The van der Waals surface area contributed by atoms with E-state index in [1.54, 1.807) is 0 Å². The molecule has 0 atom stereocenters. The number of halogens is 4. The standard InChI is InChI=1S/4BrH.Ni/h4*1H;/q;;;;+3/p-4. The van der Waals surface area contributed by atoms with Crippen LogP contribution < -0.4 is 0 Å². The van der Waals surface area contributed by atoms with E-state index < -0.39 is 5.30 Å². The molecule has 0 aromatic rings. The van der Waals surface area contributed by atoms with E-state index in [1.807, 2.05) is 0 Å². The predicted molar refractivity (Wildman–Crippen MR) is 35.7 cm³/mol. The van der Waals surface area contributed by atoms with E-state index in [2.05, 4.69) is 56.9 Å². The van der Waals surface area contributed by atoms with Gasteiger partial charge in [-0.25, -0.2) is 0 Å². The first kappa shape index (κ1) is 7.41. The minimum atomic E-state index is -1.00. The summed E-state index contributed by atoms with van der Waals surface area (Å²) >= 11 is 12.9. The SMILES string of the molecule is [Br][Ni-]([Br])([Br])[Br]. The normalized spacial score (nSPS) is 15.2. The average molecular weight is 378 g/mol. The molecule has 5 heteroatoms. The first-order valence-electron chi connectivity index (χ1n) is 0.478. The molecule has 0 bridgehead atoms. The van der Waals surface area contributed by atoms with Crippen molar-refractivity contribution < 1.29 is 5.30 Å². The van der Waals surface area contributed by atoms with Crippen LogP contribution in [0.25, 0.3) is 0 Å². The van der Waals surface area contributed by atoms with Crippen LogP contribution in [0.2, 0.25) is 0 Å². The van der Waals surface area contributed by atoms with Gasteiger partial charge in [0.05, 0.1) is 0 Å². The third kappa shape index (κ3) is 21.4. The Kier molecular flexibility index (Phi) is 3.94. The van der Waals surface area contributed by atoms with Crippen LogP contribution in [-0.4, -0.2) is 0 Å². The molecule has 0 fully saturated rings. The fourth-order valence-corrected chi connectivity index (χ4v) is 0. The zero-order valence-corrected chi connectivity index (χ0v) is 9.16. The first-order chi connectivity index (χ1) is 2.00. The number of hydrogen-bond donors (Lipinski definition) is 0. The Morgan fingerprint density at radius 2 is 0.800 bits per heavy atom. The van der Waals surface area contributed by atoms with Crippen molar-refractivity contribution in [1.82, 2.24) is 0 Å². The van der Waals surface area contributed by atoms with E-state index >= 15 is 0 Å². The second-order valence-corrected chi connectivity index (χ2v) is 30.2. The Morgan fingerprint density at radius 3 is 0.800 bits per heavy atom. The van der Waals surface area contributed by atoms with Gasteiger partial charge in [0.1, 0.15) is 0 Å². The van der Waals surface area contributed by atoms with Crippen molar-refractivity contribution in [3.05, 3.63) is 0 Å². The van der Waals surface area contributed by atoms with Crippen LogP contribution in [0.1, 0.15) is 0 Å². The van der Waals surface area contributed by atoms with Crippen LogP contribution in [0.4, 0.5) is 0 Å². The van der Waals surface area contributed by atoms with E-state index in [4.69, 9.17) is 0 Å². The van der Waals surface area contributed by atoms with Crippen LogP contribution in [0.15, 0.2) is 0 Å². The summed E-state index contributed by atoms with van der Waals surface area (Å²) in [5.74, 6) is 0. The maximum atomic E-state index is 3.22. The summed E-state index contributed by atoms with van der Waals surface area (Å²) in [4.78, 5) is 0. The molecule has 39 valence electrons. The zero-order valence-electron chi connectivity index (χ0n) is 1.83. The molecule has 0 saturated carbocycles. The van der Waals surface area contributed by atoms with Crippen molar-refractivity contribution in [1.29, 1.82) is 0 Å². The van der Waals surface area contributed by atoms with E-state index in [0.29, 0.717) is 0 Å². The number of hydrogen-bond acceptors (Lipinski definition) is 0. The third-order valence-corrected chi connectivity index (χ3v) is 0. The van der Waals surface area contributed by atoms with Gasteiger partial charge in [0, 0.05) is 0 Å². The average Bonchev–Trinajstić information content (AvgIpc) is 0.722. The molecule has 0 saturated heterocycles. The van der Waals surface area contributed by atoms with Crippen LogP contribution in [-0.2, 0) is 5.30 Å². The summed E-state index contributed by atoms with van der Waals surface area (Å²) < 4.78 is 0. The van der Waals surface area contributed by atoms with Gasteiger partial charge in [-0.2, -0.15) is 0 Å². The van der Waals surface area contributed by atoms with E-state index in [1.165, 1.54) is 0 Å². The van der Waals surface area contributed by atoms with Gasteiger partial charge in [0.25, 0.3) is 0 Å². The second kappa shape index (κ2) is 2.66. The molecule has 0 N–H and O–H groups in total. The molecule has 0 nitrogen and oxygen atoms in total. The Hall–Kier alpha value is 2.41. The molecule has 0 radical (unpaired) electrons. The molecule has 0 aromatic carbocycles. The van der Waals surface area contributed by atoms with Gasteiger partial charge >= 0.3 is 62.2 Å². The van der Waals surface area contributed by atoms with Crippen molar-refractivity contribution in [3.8, 4) is 0 Å². The number of rotatable bonds is 0. The van der Waals surface area contributed by atoms with Crippen LogP contribution >= 0.6 is 56.9 Å². The molecule has 0 spiro atoms. The Labute approximate surface area is 61.3 Å². The molecular formula is Br4Ni-. The summed E-state index contributed by atoms with van der Waals surface area (Å²) in [6.45, 7) is 0. The first-order valence-corrected chi connectivity index (χ1v) is 10.2. The molecule has 0 aliphatic carbocycles. The van der Waals surface area contributed by atoms with Gasteiger partial charge < -0.3 is 0 Å². The predicted octanol–water partition coefficient (Wildman–Crippen LogP) is 3.38. The molecule has 5 heavy (non-hydrogen) atoms. The Morgan fingerprint density at radius 1 is 0.800 bits per heavy atom. The van der Waals surface area contributed by atoms with E-state index in [9.17, 15) is 0 Å². The van der Waals surface area contributed by atoms with Crippen molar-refractivity contribution in [2.24, 2.45) is 0 Å². The quantitative estimate of drug-likeness (QED) is 0.567. The molecule has 0 rings (SSSR count). The fourth-order valence-electron chi connectivity index (χ4n) is 0. The van der Waals surface area contributed by atoms with Crippen molar-refractivity contribution in [2.75, 3.05) is 0 Å². The van der Waals surface area contributed by atoms with Crippen molar-refractivity contribution >= 4 is 56.9 Å². The molecule has 0 aliphatic heterocycles. The third-order valence-electron chi connectivity index (χ3n) is 0. The molecule has 0 aliphatic rings. The summed E-state index contributed by atoms with van der Waals surface area (Å²) in [7, 11) is 0. The Bertz CT molecular complexity index is 19.1. The monoisotopic (exact) mass is 374 g/mol. The van der Waals surface area contributed by atoms with Crippen LogP contribution in [0.5, 0.6) is 0 Å². The van der Waals surface area contributed by atoms with Crippen LogP contribution in [0, 0.1) is 0 Å². The van der Waals surface area contributed by atoms with Gasteiger partial charge in [-0.1, -0.05) is 0 Å². The van der Waals surface area contributed by atoms with Gasteiger partial charge in [-0.15, -0.1) is 0 Å². The van der Waals surface area contributed by atoms with Gasteiger partial charge in [-0.05, 0) is 0 Å². The fraction of sp³-hybridized carbons (Fsp3) is 0. The molecule has 0 amide bonds. The maximum absolute atomic E-state index is 3.22. The molecule has 0 unspecified atom stereocenters. The molecule has 0 aromatic heterocycles. The van der Waals surface area contributed by atoms with Gasteiger partial charge in [-0.3, -0.25) is 0 Å². The van der Waals surface area contributed by atoms with Crippen molar-refractivity contribution in [3.63, 3.8) is 0 Å². The van der Waals surface area contributed by atoms with Gasteiger partial charge in [0.2, 0.25) is 0 Å². The van der Waals surface area contributed by atoms with Crippen LogP contribution in [0.3, 0.4) is 0 Å². The molecule has 0 heterocycles. The minimum absolute atomic E-state index is 1.00. The van der Waals surface area contributed by atoms with E-state index in [0.717, 1.165) is 0 Å². The zero-order chi connectivity index (χ0) is 4.50. The summed E-state index contributed by atoms with van der Waals surface area (Å²) in [5, 5.41) is -1.00. The summed E-state index contributed by atoms with van der Waals surface area (Å²) in [6.07, 6.45) is 0. The van der Waals surface area contributed by atoms with E-state index in [-0.39, 0.29) is 0 Å². The summed E-state index contributed by atoms with van der Waals surface area (Å²) in [6, 6.07) is 0. The summed E-state index contributed by atoms with van der Waals surface area (Å²) in [5.41, 5.74) is 0. The van der Waals surface area contributed by atoms with Gasteiger partial charge in [0.15, 0.2) is 0 Å². The topological polar surface area (TPSA) is 0 Å². The second-order valence-electron chi connectivity index (χ2n) is 0.271. The van der Waals surface area contributed by atoms with Crippen molar-refractivity contribution in [2.45, 2.75) is 0 Å².